The number of aliphatic hydroxyl groups is 1. The molecule has 15 heavy (non-hydrogen) atoms. The molecule has 0 bridgehead atoms. The third-order valence-electron chi connectivity index (χ3n) is 2.65. The van der Waals surface area contributed by atoms with Crippen LogP contribution in [0, 0.1) is 16.0 Å². The fourth-order valence-electron chi connectivity index (χ4n) is 1.79. The maximum Gasteiger partial charge on any atom is 0.271 e. The highest BCUT2D eigenvalue weighted by Gasteiger charge is 2.19. The van der Waals surface area contributed by atoms with E-state index in [0.717, 1.165) is 17.7 Å². The molecule has 1 heterocycles. The quantitative estimate of drug-likeness (QED) is 0.565. The Morgan fingerprint density at radius 3 is 3.07 bits per heavy atom. The first-order valence-electron chi connectivity index (χ1n) is 4.82. The van der Waals surface area contributed by atoms with Crippen LogP contribution in [-0.2, 0) is 6.42 Å². The normalized spacial score (nSPS) is 19.1. The second-order valence-corrected chi connectivity index (χ2v) is 3.73. The van der Waals surface area contributed by atoms with Crippen LogP contribution in [0.1, 0.15) is 5.56 Å². The van der Waals surface area contributed by atoms with Crippen molar-refractivity contribution in [3.05, 3.63) is 33.9 Å². The highest BCUT2D eigenvalue weighted by Crippen LogP contribution is 2.28. The largest absolute Gasteiger partial charge is 0.396 e. The lowest BCUT2D eigenvalue weighted by atomic mass is 9.94. The Morgan fingerprint density at radius 1 is 1.60 bits per heavy atom. The molecule has 0 amide bonds. The molecule has 0 aromatic heterocycles. The Morgan fingerprint density at radius 2 is 2.40 bits per heavy atom. The third-order valence-corrected chi connectivity index (χ3v) is 2.65. The number of nitro benzene ring substituents is 1. The summed E-state index contributed by atoms with van der Waals surface area (Å²) in [5.74, 6) is 0.207. The zero-order valence-corrected chi connectivity index (χ0v) is 8.14. The number of hydrogen-bond donors (Lipinski definition) is 2. The van der Waals surface area contributed by atoms with Gasteiger partial charge in [-0.1, -0.05) is 6.07 Å². The molecule has 2 N–H and O–H groups in total. The second kappa shape index (κ2) is 3.86. The summed E-state index contributed by atoms with van der Waals surface area (Å²) in [6.45, 7) is 0.814. The van der Waals surface area contributed by atoms with Gasteiger partial charge in [-0.3, -0.25) is 10.1 Å². The van der Waals surface area contributed by atoms with Gasteiger partial charge >= 0.3 is 0 Å². The van der Waals surface area contributed by atoms with Crippen molar-refractivity contribution in [1.82, 2.24) is 0 Å². The summed E-state index contributed by atoms with van der Waals surface area (Å²) in [6, 6.07) is 4.80. The van der Waals surface area contributed by atoms with Crippen LogP contribution in [0.5, 0.6) is 0 Å². The average Bonchev–Trinajstić information content (AvgIpc) is 2.27. The molecule has 0 fully saturated rings. The number of benzene rings is 1. The number of rotatable bonds is 2. The first kappa shape index (κ1) is 9.92. The predicted molar refractivity (Wildman–Crippen MR) is 55.9 cm³/mol. The first-order chi connectivity index (χ1) is 7.20. The molecule has 0 radical (unpaired) electrons. The molecule has 2 rings (SSSR count). The molecule has 1 aromatic carbocycles. The van der Waals surface area contributed by atoms with Crippen LogP contribution in [-0.4, -0.2) is 23.2 Å². The van der Waals surface area contributed by atoms with Gasteiger partial charge in [0.15, 0.2) is 0 Å². The van der Waals surface area contributed by atoms with E-state index in [2.05, 4.69) is 5.32 Å². The first-order valence-corrected chi connectivity index (χ1v) is 4.82. The average molecular weight is 208 g/mol. The molecule has 1 aliphatic rings. The molecule has 5 nitrogen and oxygen atoms in total. The van der Waals surface area contributed by atoms with Gasteiger partial charge in [0.25, 0.3) is 5.69 Å². The highest BCUT2D eigenvalue weighted by atomic mass is 16.6. The summed E-state index contributed by atoms with van der Waals surface area (Å²) < 4.78 is 0. The Bertz CT molecular complexity index is 392. The topological polar surface area (TPSA) is 75.4 Å². The summed E-state index contributed by atoms with van der Waals surface area (Å²) >= 11 is 0. The van der Waals surface area contributed by atoms with E-state index in [0.29, 0.717) is 6.54 Å². The maximum atomic E-state index is 10.5. The molecule has 0 saturated heterocycles. The summed E-state index contributed by atoms with van der Waals surface area (Å²) in [5, 5.41) is 22.7. The smallest absolute Gasteiger partial charge is 0.271 e. The van der Waals surface area contributed by atoms with Gasteiger partial charge in [-0.25, -0.2) is 0 Å². The van der Waals surface area contributed by atoms with Crippen molar-refractivity contribution >= 4 is 11.4 Å². The lowest BCUT2D eigenvalue weighted by Crippen LogP contribution is -2.25. The molecule has 1 aromatic rings. The van der Waals surface area contributed by atoms with Crippen LogP contribution in [0.15, 0.2) is 18.2 Å². The van der Waals surface area contributed by atoms with E-state index < -0.39 is 4.92 Å². The number of nitrogens with zero attached hydrogens (tertiary/aromatic N) is 1. The molecule has 80 valence electrons. The van der Waals surface area contributed by atoms with Crippen LogP contribution in [0.2, 0.25) is 0 Å². The van der Waals surface area contributed by atoms with Gasteiger partial charge in [-0.15, -0.1) is 0 Å². The van der Waals surface area contributed by atoms with Crippen molar-refractivity contribution in [3.63, 3.8) is 0 Å². The minimum Gasteiger partial charge on any atom is -0.396 e. The number of anilines is 1. The Balaban J connectivity index is 2.28. The summed E-state index contributed by atoms with van der Waals surface area (Å²) in [5.41, 5.74) is 1.95. The predicted octanol–water partition coefficient (Wildman–Crippen LogP) is 1.17. The minimum atomic E-state index is -0.403. The number of fused-ring (bicyclic) bond motifs is 1. The van der Waals surface area contributed by atoms with Crippen LogP contribution >= 0.6 is 0 Å². The fourth-order valence-corrected chi connectivity index (χ4v) is 1.79. The number of nitrogens with one attached hydrogen (secondary N) is 1. The van der Waals surface area contributed by atoms with E-state index in [1.54, 1.807) is 12.1 Å². The SMILES string of the molecule is O=[N+]([O-])c1ccc2c(c1)NCC(CO)C2. The van der Waals surface area contributed by atoms with Crippen molar-refractivity contribution in [2.24, 2.45) is 5.92 Å². The molecule has 1 unspecified atom stereocenters. The van der Waals surface area contributed by atoms with E-state index in [1.807, 2.05) is 0 Å². The van der Waals surface area contributed by atoms with E-state index in [-0.39, 0.29) is 18.2 Å². The second-order valence-electron chi connectivity index (χ2n) is 3.73. The molecular weight excluding hydrogens is 196 g/mol. The van der Waals surface area contributed by atoms with Gasteiger partial charge < -0.3 is 10.4 Å². The lowest BCUT2D eigenvalue weighted by Gasteiger charge is -2.24. The number of non-ortho nitro benzene ring substituents is 1. The number of nitro groups is 1. The molecule has 1 atom stereocenters. The van der Waals surface area contributed by atoms with E-state index in [4.69, 9.17) is 5.11 Å². The Labute approximate surface area is 86.9 Å². The zero-order valence-electron chi connectivity index (χ0n) is 8.14. The molecule has 0 saturated carbocycles. The molecule has 5 heteroatoms. The van der Waals surface area contributed by atoms with Crippen molar-refractivity contribution in [3.8, 4) is 0 Å². The van der Waals surface area contributed by atoms with Crippen molar-refractivity contribution < 1.29 is 10.0 Å². The summed E-state index contributed by atoms with van der Waals surface area (Å²) in [7, 11) is 0. The van der Waals surface area contributed by atoms with Crippen LogP contribution < -0.4 is 5.32 Å². The Hall–Kier alpha value is -1.62. The van der Waals surface area contributed by atoms with Gasteiger partial charge in [0, 0.05) is 36.9 Å². The van der Waals surface area contributed by atoms with Gasteiger partial charge in [-0.2, -0.15) is 0 Å². The number of aliphatic hydroxyl groups excluding tert-OH is 1. The molecular formula is C10H12N2O3. The van der Waals surface area contributed by atoms with Crippen LogP contribution in [0.4, 0.5) is 11.4 Å². The Kier molecular flexibility index (Phi) is 2.55. The third kappa shape index (κ3) is 1.92. The number of hydrogen-bond acceptors (Lipinski definition) is 4. The zero-order chi connectivity index (χ0) is 10.8. The van der Waals surface area contributed by atoms with E-state index in [1.165, 1.54) is 6.07 Å². The molecule has 0 aliphatic carbocycles. The van der Waals surface area contributed by atoms with E-state index in [9.17, 15) is 10.1 Å². The maximum absolute atomic E-state index is 10.5. The van der Waals surface area contributed by atoms with Gasteiger partial charge in [0.1, 0.15) is 0 Å². The van der Waals surface area contributed by atoms with Crippen LogP contribution in [0.3, 0.4) is 0 Å². The standard InChI is InChI=1S/C10H12N2O3/c13-6-7-3-8-1-2-9(12(14)15)4-10(8)11-5-7/h1-2,4,7,11,13H,3,5-6H2. The summed E-state index contributed by atoms with van der Waals surface area (Å²) in [4.78, 5) is 10.1. The summed E-state index contributed by atoms with van der Waals surface area (Å²) in [6.07, 6.45) is 0.775. The minimum absolute atomic E-state index is 0.101. The van der Waals surface area contributed by atoms with Gasteiger partial charge in [0.2, 0.25) is 0 Å². The lowest BCUT2D eigenvalue weighted by molar-refractivity contribution is -0.384. The van der Waals surface area contributed by atoms with Crippen molar-refractivity contribution in [2.45, 2.75) is 6.42 Å². The van der Waals surface area contributed by atoms with Gasteiger partial charge in [0.05, 0.1) is 4.92 Å². The molecule has 1 aliphatic heterocycles. The van der Waals surface area contributed by atoms with Crippen molar-refractivity contribution in [1.29, 1.82) is 0 Å². The molecule has 0 spiro atoms. The van der Waals surface area contributed by atoms with Crippen molar-refractivity contribution in [2.75, 3.05) is 18.5 Å². The highest BCUT2D eigenvalue weighted by molar-refractivity contribution is 5.58. The van der Waals surface area contributed by atoms with Gasteiger partial charge in [-0.05, 0) is 12.0 Å². The fraction of sp³-hybridized carbons (Fsp3) is 0.400. The van der Waals surface area contributed by atoms with E-state index >= 15 is 0 Å². The monoisotopic (exact) mass is 208 g/mol. The van der Waals surface area contributed by atoms with Crippen LogP contribution in [0.25, 0.3) is 0 Å².